The van der Waals surface area contributed by atoms with E-state index < -0.39 is 0 Å². The molecular formula is C22H46O4S7. The van der Waals surface area contributed by atoms with E-state index in [2.05, 4.69) is 64.4 Å². The van der Waals surface area contributed by atoms with Crippen LogP contribution in [0, 0.1) is 0 Å². The second-order valence-corrected chi connectivity index (χ2v) is 15.6. The number of thiol groups is 4. The molecule has 0 aliphatic rings. The molecule has 0 rings (SSSR count). The number of thioether (sulfide) groups is 3. The Kier molecular flexibility index (Phi) is 26.3. The Morgan fingerprint density at radius 1 is 0.515 bits per heavy atom. The van der Waals surface area contributed by atoms with E-state index >= 15 is 0 Å². The van der Waals surface area contributed by atoms with Crippen LogP contribution in [0.1, 0.15) is 27.7 Å². The highest BCUT2D eigenvalue weighted by atomic mass is 32.2. The molecule has 0 saturated heterocycles. The van der Waals surface area contributed by atoms with Crippen molar-refractivity contribution in [3.63, 3.8) is 0 Å². The van der Waals surface area contributed by atoms with Crippen LogP contribution in [0.25, 0.3) is 0 Å². The van der Waals surface area contributed by atoms with Crippen LogP contribution >= 0.6 is 85.8 Å². The zero-order chi connectivity index (χ0) is 24.9. The Morgan fingerprint density at radius 2 is 0.848 bits per heavy atom. The molecule has 0 N–H and O–H groups in total. The third kappa shape index (κ3) is 27.1. The molecule has 4 nitrogen and oxygen atoms in total. The number of rotatable bonds is 24. The van der Waals surface area contributed by atoms with Gasteiger partial charge in [0.25, 0.3) is 0 Å². The summed E-state index contributed by atoms with van der Waals surface area (Å²) in [7, 11) is 0. The molecule has 0 aliphatic heterocycles. The molecule has 0 aliphatic carbocycles. The summed E-state index contributed by atoms with van der Waals surface area (Å²) in [5, 5.41) is 1.84. The van der Waals surface area contributed by atoms with E-state index in [1.807, 2.05) is 49.1 Å². The van der Waals surface area contributed by atoms with Crippen molar-refractivity contribution in [3.8, 4) is 0 Å². The summed E-state index contributed by atoms with van der Waals surface area (Å²) >= 11 is 23.4. The fraction of sp³-hybridized carbons (Fsp3) is 1.00. The standard InChI is InChI=1S/C22H46O4S7/c1-17(27)9-23-5-7-31-15-21(13-25-11-19(3)29)33-22(14-26-12-20(4)30)16-32-8-6-24-10-18(2)28/h17-22,27-30H,5-16H2,1-4H3. The lowest BCUT2D eigenvalue weighted by molar-refractivity contribution is 0.138. The van der Waals surface area contributed by atoms with Crippen LogP contribution < -0.4 is 0 Å². The van der Waals surface area contributed by atoms with Crippen LogP contribution in [0.3, 0.4) is 0 Å². The average molecular weight is 599 g/mol. The average Bonchev–Trinajstić information content (AvgIpc) is 2.71. The molecule has 0 bridgehead atoms. The molecule has 0 heterocycles. The van der Waals surface area contributed by atoms with Crippen molar-refractivity contribution in [2.45, 2.75) is 59.2 Å². The second kappa shape index (κ2) is 24.6. The quantitative estimate of drug-likeness (QED) is 0.0892. The van der Waals surface area contributed by atoms with Crippen molar-refractivity contribution >= 4 is 85.8 Å². The highest BCUT2D eigenvalue weighted by Crippen LogP contribution is 2.26. The summed E-state index contributed by atoms with van der Waals surface area (Å²) in [5.41, 5.74) is 0. The molecule has 11 heteroatoms. The van der Waals surface area contributed by atoms with Gasteiger partial charge >= 0.3 is 0 Å². The van der Waals surface area contributed by atoms with Crippen molar-refractivity contribution in [2.24, 2.45) is 0 Å². The second-order valence-electron chi connectivity index (χ2n) is 8.15. The minimum atomic E-state index is 0.242. The lowest BCUT2D eigenvalue weighted by Gasteiger charge is -2.24. The topological polar surface area (TPSA) is 36.9 Å². The molecule has 33 heavy (non-hydrogen) atoms. The van der Waals surface area contributed by atoms with E-state index in [-0.39, 0.29) is 21.0 Å². The molecule has 200 valence electrons. The number of hydrogen-bond acceptors (Lipinski definition) is 11. The van der Waals surface area contributed by atoms with E-state index in [1.54, 1.807) is 0 Å². The van der Waals surface area contributed by atoms with Gasteiger partial charge in [0.2, 0.25) is 0 Å². The van der Waals surface area contributed by atoms with Crippen molar-refractivity contribution < 1.29 is 18.9 Å². The Morgan fingerprint density at radius 3 is 1.18 bits per heavy atom. The van der Waals surface area contributed by atoms with Gasteiger partial charge in [0.1, 0.15) is 0 Å². The molecular weight excluding hydrogens is 553 g/mol. The van der Waals surface area contributed by atoms with Crippen molar-refractivity contribution in [3.05, 3.63) is 0 Å². The summed E-state index contributed by atoms with van der Waals surface area (Å²) in [4.78, 5) is 0. The summed E-state index contributed by atoms with van der Waals surface area (Å²) in [6.45, 7) is 13.9. The molecule has 0 saturated carbocycles. The monoisotopic (exact) mass is 598 g/mol. The van der Waals surface area contributed by atoms with Crippen LogP contribution in [0.15, 0.2) is 0 Å². The maximum Gasteiger partial charge on any atom is 0.0593 e. The minimum Gasteiger partial charge on any atom is -0.379 e. The summed E-state index contributed by atoms with van der Waals surface area (Å²) in [5.74, 6) is 4.01. The van der Waals surface area contributed by atoms with Gasteiger partial charge in [0, 0.05) is 54.5 Å². The lowest BCUT2D eigenvalue weighted by atomic mass is 10.5. The Hall–Kier alpha value is 2.29. The molecule has 0 radical (unpaired) electrons. The van der Waals surface area contributed by atoms with Gasteiger partial charge in [-0.2, -0.15) is 74.0 Å². The van der Waals surface area contributed by atoms with E-state index in [0.29, 0.717) is 36.9 Å². The van der Waals surface area contributed by atoms with Crippen molar-refractivity contribution in [2.75, 3.05) is 75.9 Å². The predicted octanol–water partition coefficient (Wildman–Crippen LogP) is 5.26. The van der Waals surface area contributed by atoms with Crippen LogP contribution in [0.2, 0.25) is 0 Å². The molecule has 0 amide bonds. The van der Waals surface area contributed by atoms with Crippen LogP contribution in [0.4, 0.5) is 0 Å². The molecule has 0 aromatic heterocycles. The smallest absolute Gasteiger partial charge is 0.0593 e. The fourth-order valence-corrected chi connectivity index (χ4v) is 6.48. The van der Waals surface area contributed by atoms with Crippen molar-refractivity contribution in [1.82, 2.24) is 0 Å². The Balaban J connectivity index is 4.58. The summed E-state index contributed by atoms with van der Waals surface area (Å²) in [6.07, 6.45) is 0. The largest absolute Gasteiger partial charge is 0.379 e. The first-order valence-corrected chi connectivity index (χ1v) is 16.9. The Labute approximate surface area is 238 Å². The molecule has 6 atom stereocenters. The van der Waals surface area contributed by atoms with Gasteiger partial charge in [0.05, 0.1) is 52.9 Å². The van der Waals surface area contributed by atoms with E-state index in [0.717, 1.165) is 49.4 Å². The maximum atomic E-state index is 5.95. The predicted molar refractivity (Wildman–Crippen MR) is 167 cm³/mol. The highest BCUT2D eigenvalue weighted by molar-refractivity contribution is 8.05. The molecule has 0 fully saturated rings. The van der Waals surface area contributed by atoms with Gasteiger partial charge in [-0.1, -0.05) is 27.7 Å². The van der Waals surface area contributed by atoms with Gasteiger partial charge in [-0.25, -0.2) is 0 Å². The van der Waals surface area contributed by atoms with Crippen LogP contribution in [-0.2, 0) is 18.9 Å². The van der Waals surface area contributed by atoms with E-state index in [9.17, 15) is 0 Å². The van der Waals surface area contributed by atoms with Crippen LogP contribution in [0.5, 0.6) is 0 Å². The zero-order valence-corrected chi connectivity index (χ0v) is 26.6. The molecule has 6 unspecified atom stereocenters. The number of ether oxygens (including phenoxy) is 4. The van der Waals surface area contributed by atoms with Gasteiger partial charge < -0.3 is 18.9 Å². The summed E-state index contributed by atoms with van der Waals surface area (Å²) in [6, 6.07) is 0. The third-order valence-corrected chi connectivity index (χ3v) is 8.36. The minimum absolute atomic E-state index is 0.242. The van der Waals surface area contributed by atoms with Crippen LogP contribution in [-0.4, -0.2) is 107 Å². The van der Waals surface area contributed by atoms with E-state index in [1.165, 1.54) is 0 Å². The first-order valence-electron chi connectivity index (χ1n) is 11.5. The number of hydrogen-bond donors (Lipinski definition) is 4. The Bertz CT molecular complexity index is 382. The SMILES string of the molecule is CC(S)COCCSCC(COCC(C)S)SC(COCC(C)S)CSCCOCC(C)S. The van der Waals surface area contributed by atoms with Gasteiger partial charge in [-0.15, -0.1) is 11.8 Å². The lowest BCUT2D eigenvalue weighted by Crippen LogP contribution is -2.26. The first-order chi connectivity index (χ1) is 15.7. The molecule has 0 spiro atoms. The van der Waals surface area contributed by atoms with Gasteiger partial charge in [0.15, 0.2) is 0 Å². The third-order valence-electron chi connectivity index (χ3n) is 3.78. The zero-order valence-electron chi connectivity index (χ0n) is 20.6. The van der Waals surface area contributed by atoms with Crippen molar-refractivity contribution in [1.29, 1.82) is 0 Å². The first kappa shape index (κ1) is 35.3. The van der Waals surface area contributed by atoms with Gasteiger partial charge in [-0.05, 0) is 0 Å². The normalized spacial score (nSPS) is 17.5. The summed E-state index contributed by atoms with van der Waals surface area (Å²) < 4.78 is 23.2. The van der Waals surface area contributed by atoms with E-state index in [4.69, 9.17) is 18.9 Å². The molecule has 0 aromatic rings. The highest BCUT2D eigenvalue weighted by Gasteiger charge is 2.19. The molecule has 0 aromatic carbocycles. The van der Waals surface area contributed by atoms with Gasteiger partial charge in [-0.3, -0.25) is 0 Å². The fourth-order valence-electron chi connectivity index (χ4n) is 2.44. The maximum absolute atomic E-state index is 5.95.